The molecule has 0 aromatic heterocycles. The number of hydrogen-bond acceptors (Lipinski definition) is 3. The largest absolute Gasteiger partial charge is 0.317 e. The van der Waals surface area contributed by atoms with Crippen molar-refractivity contribution in [1.29, 1.82) is 0 Å². The number of hydrogen-bond donors (Lipinski definition) is 1. The van der Waals surface area contributed by atoms with Crippen LogP contribution in [0.1, 0.15) is 13.3 Å². The molecule has 72 valence electrons. The monoisotopic (exact) mass is 182 g/mol. The molecular weight excluding hydrogens is 168 g/mol. The molecule has 0 fully saturated rings. The van der Waals surface area contributed by atoms with Crippen LogP contribution in [0.5, 0.6) is 0 Å². The van der Waals surface area contributed by atoms with Gasteiger partial charge < -0.3 is 5.32 Å². The second-order valence-electron chi connectivity index (χ2n) is 2.87. The molecule has 4 nitrogen and oxygen atoms in total. The SMILES string of the molecule is CCNCCCN1C(=O)C=CC1=O. The lowest BCUT2D eigenvalue weighted by Gasteiger charge is -2.12. The lowest BCUT2D eigenvalue weighted by molar-refractivity contribution is -0.136. The average molecular weight is 182 g/mol. The van der Waals surface area contributed by atoms with E-state index in [0.717, 1.165) is 19.5 Å². The van der Waals surface area contributed by atoms with E-state index in [2.05, 4.69) is 5.32 Å². The predicted molar refractivity (Wildman–Crippen MR) is 49.0 cm³/mol. The fraction of sp³-hybridized carbons (Fsp3) is 0.556. The van der Waals surface area contributed by atoms with E-state index in [0.29, 0.717) is 6.54 Å². The molecule has 0 spiro atoms. The van der Waals surface area contributed by atoms with Gasteiger partial charge in [-0.1, -0.05) is 6.92 Å². The Morgan fingerprint density at radius 2 is 1.92 bits per heavy atom. The Kier molecular flexibility index (Phi) is 3.64. The predicted octanol–water partition coefficient (Wildman–Crippen LogP) is -0.0890. The third kappa shape index (κ3) is 2.66. The van der Waals surface area contributed by atoms with Crippen LogP contribution < -0.4 is 5.32 Å². The minimum Gasteiger partial charge on any atom is -0.317 e. The van der Waals surface area contributed by atoms with Crippen molar-refractivity contribution in [1.82, 2.24) is 10.2 Å². The zero-order valence-corrected chi connectivity index (χ0v) is 7.75. The summed E-state index contributed by atoms with van der Waals surface area (Å²) in [5, 5.41) is 3.13. The highest BCUT2D eigenvalue weighted by atomic mass is 16.2. The molecule has 13 heavy (non-hydrogen) atoms. The van der Waals surface area contributed by atoms with E-state index in [1.807, 2.05) is 6.92 Å². The fourth-order valence-corrected chi connectivity index (χ4v) is 1.19. The fourth-order valence-electron chi connectivity index (χ4n) is 1.19. The summed E-state index contributed by atoms with van der Waals surface area (Å²) < 4.78 is 0. The molecule has 0 saturated carbocycles. The Labute approximate surface area is 77.6 Å². The highest BCUT2D eigenvalue weighted by molar-refractivity contribution is 6.12. The Bertz CT molecular complexity index is 218. The third-order valence-corrected chi connectivity index (χ3v) is 1.89. The van der Waals surface area contributed by atoms with Crippen molar-refractivity contribution in [3.8, 4) is 0 Å². The van der Waals surface area contributed by atoms with Gasteiger partial charge in [-0.15, -0.1) is 0 Å². The summed E-state index contributed by atoms with van der Waals surface area (Å²) in [6, 6.07) is 0. The molecule has 1 heterocycles. The van der Waals surface area contributed by atoms with Crippen molar-refractivity contribution in [2.24, 2.45) is 0 Å². The summed E-state index contributed by atoms with van der Waals surface area (Å²) in [5.41, 5.74) is 0. The molecule has 0 unspecified atom stereocenters. The minimum atomic E-state index is -0.193. The van der Waals surface area contributed by atoms with Crippen LogP contribution >= 0.6 is 0 Å². The van der Waals surface area contributed by atoms with E-state index in [-0.39, 0.29) is 11.8 Å². The van der Waals surface area contributed by atoms with E-state index in [4.69, 9.17) is 0 Å². The zero-order valence-electron chi connectivity index (χ0n) is 7.75. The number of rotatable bonds is 5. The molecular formula is C9H14N2O2. The van der Waals surface area contributed by atoms with Gasteiger partial charge in [-0.3, -0.25) is 14.5 Å². The Morgan fingerprint density at radius 1 is 1.31 bits per heavy atom. The summed E-state index contributed by atoms with van der Waals surface area (Å²) in [4.78, 5) is 23.4. The summed E-state index contributed by atoms with van der Waals surface area (Å²) >= 11 is 0. The average Bonchev–Trinajstić information content (AvgIpc) is 2.42. The van der Waals surface area contributed by atoms with E-state index in [1.54, 1.807) is 0 Å². The first-order valence-corrected chi connectivity index (χ1v) is 4.50. The molecule has 1 aliphatic rings. The standard InChI is InChI=1S/C9H14N2O2/c1-2-10-6-3-7-11-8(12)4-5-9(11)13/h4-5,10H,2-3,6-7H2,1H3. The summed E-state index contributed by atoms with van der Waals surface area (Å²) in [5.74, 6) is -0.386. The number of carbonyl (C=O) groups is 2. The molecule has 1 N–H and O–H groups in total. The van der Waals surface area contributed by atoms with Gasteiger partial charge in [0, 0.05) is 18.7 Å². The van der Waals surface area contributed by atoms with Crippen LogP contribution in [0.2, 0.25) is 0 Å². The van der Waals surface area contributed by atoms with Gasteiger partial charge in [-0.2, -0.15) is 0 Å². The van der Waals surface area contributed by atoms with Crippen LogP contribution in [0, 0.1) is 0 Å². The zero-order chi connectivity index (χ0) is 9.68. The number of carbonyl (C=O) groups excluding carboxylic acids is 2. The summed E-state index contributed by atoms with van der Waals surface area (Å²) in [6.45, 7) is 4.29. The molecule has 1 rings (SSSR count). The van der Waals surface area contributed by atoms with Crippen molar-refractivity contribution in [3.63, 3.8) is 0 Å². The Hall–Kier alpha value is -1.16. The van der Waals surface area contributed by atoms with Gasteiger partial charge in [0.15, 0.2) is 0 Å². The van der Waals surface area contributed by atoms with Crippen molar-refractivity contribution in [2.75, 3.05) is 19.6 Å². The van der Waals surface area contributed by atoms with Crippen molar-refractivity contribution in [3.05, 3.63) is 12.2 Å². The van der Waals surface area contributed by atoms with E-state index >= 15 is 0 Å². The van der Waals surface area contributed by atoms with Crippen molar-refractivity contribution < 1.29 is 9.59 Å². The third-order valence-electron chi connectivity index (χ3n) is 1.89. The summed E-state index contributed by atoms with van der Waals surface area (Å²) in [6.07, 6.45) is 3.44. The molecule has 1 aliphatic heterocycles. The second-order valence-corrected chi connectivity index (χ2v) is 2.87. The first-order valence-electron chi connectivity index (χ1n) is 4.50. The van der Waals surface area contributed by atoms with E-state index < -0.39 is 0 Å². The van der Waals surface area contributed by atoms with Crippen LogP contribution in [-0.4, -0.2) is 36.3 Å². The normalized spacial score (nSPS) is 15.9. The van der Waals surface area contributed by atoms with E-state index in [9.17, 15) is 9.59 Å². The Balaban J connectivity index is 2.22. The molecule has 0 radical (unpaired) electrons. The molecule has 2 amide bonds. The van der Waals surface area contributed by atoms with Gasteiger partial charge in [0.1, 0.15) is 0 Å². The van der Waals surface area contributed by atoms with Crippen LogP contribution in [0.15, 0.2) is 12.2 Å². The van der Waals surface area contributed by atoms with Crippen LogP contribution in [0.4, 0.5) is 0 Å². The topological polar surface area (TPSA) is 49.4 Å². The van der Waals surface area contributed by atoms with Crippen molar-refractivity contribution in [2.45, 2.75) is 13.3 Å². The quantitative estimate of drug-likeness (QED) is 0.477. The van der Waals surface area contributed by atoms with Gasteiger partial charge in [-0.05, 0) is 19.5 Å². The molecule has 0 saturated heterocycles. The maximum atomic E-state index is 11.0. The number of nitrogens with one attached hydrogen (secondary N) is 1. The molecule has 0 aliphatic carbocycles. The Morgan fingerprint density at radius 3 is 2.46 bits per heavy atom. The maximum absolute atomic E-state index is 11.0. The number of nitrogens with zero attached hydrogens (tertiary/aromatic N) is 1. The van der Waals surface area contributed by atoms with Crippen LogP contribution in [-0.2, 0) is 9.59 Å². The molecule has 0 atom stereocenters. The highest BCUT2D eigenvalue weighted by Crippen LogP contribution is 2.03. The number of amides is 2. The van der Waals surface area contributed by atoms with E-state index in [1.165, 1.54) is 17.1 Å². The van der Waals surface area contributed by atoms with Gasteiger partial charge in [0.2, 0.25) is 0 Å². The van der Waals surface area contributed by atoms with Gasteiger partial charge in [-0.25, -0.2) is 0 Å². The molecule has 0 aromatic carbocycles. The van der Waals surface area contributed by atoms with Gasteiger partial charge in [0.05, 0.1) is 0 Å². The molecule has 0 bridgehead atoms. The second kappa shape index (κ2) is 4.77. The summed E-state index contributed by atoms with van der Waals surface area (Å²) in [7, 11) is 0. The lowest BCUT2D eigenvalue weighted by atomic mass is 10.4. The molecule has 4 heteroatoms. The van der Waals surface area contributed by atoms with Crippen LogP contribution in [0.3, 0.4) is 0 Å². The minimum absolute atomic E-state index is 0.193. The first kappa shape index (κ1) is 9.92. The molecule has 0 aromatic rings. The number of imide groups is 1. The van der Waals surface area contributed by atoms with Crippen LogP contribution in [0.25, 0.3) is 0 Å². The van der Waals surface area contributed by atoms with Crippen molar-refractivity contribution >= 4 is 11.8 Å². The maximum Gasteiger partial charge on any atom is 0.253 e. The van der Waals surface area contributed by atoms with Gasteiger partial charge in [0.25, 0.3) is 11.8 Å². The van der Waals surface area contributed by atoms with Gasteiger partial charge >= 0.3 is 0 Å². The smallest absolute Gasteiger partial charge is 0.253 e. The lowest BCUT2D eigenvalue weighted by Crippen LogP contribution is -2.32. The first-order chi connectivity index (χ1) is 6.25. The highest BCUT2D eigenvalue weighted by Gasteiger charge is 2.21.